The minimum absolute atomic E-state index is 0.0394. The van der Waals surface area contributed by atoms with Crippen molar-refractivity contribution in [3.8, 4) is 17.2 Å². The second kappa shape index (κ2) is 10.2. The van der Waals surface area contributed by atoms with Crippen molar-refractivity contribution in [2.75, 3.05) is 7.11 Å². The zero-order chi connectivity index (χ0) is 26.0. The van der Waals surface area contributed by atoms with Gasteiger partial charge in [-0.25, -0.2) is 0 Å². The Morgan fingerprint density at radius 2 is 1.72 bits per heavy atom. The Bertz CT molecular complexity index is 1400. The molecule has 188 valence electrons. The van der Waals surface area contributed by atoms with Crippen LogP contribution in [0.25, 0.3) is 16.7 Å². The average Bonchev–Trinajstić information content (AvgIpc) is 3.37. The van der Waals surface area contributed by atoms with Crippen molar-refractivity contribution in [2.24, 2.45) is 0 Å². The van der Waals surface area contributed by atoms with E-state index in [0.717, 1.165) is 11.1 Å². The lowest BCUT2D eigenvalue weighted by molar-refractivity contribution is -0.145. The third kappa shape index (κ3) is 5.10. The van der Waals surface area contributed by atoms with Crippen molar-refractivity contribution in [1.82, 2.24) is 4.57 Å². The highest BCUT2D eigenvalue weighted by Crippen LogP contribution is 2.27. The molecule has 0 N–H and O–H groups in total. The van der Waals surface area contributed by atoms with Gasteiger partial charge >= 0.3 is 12.6 Å². The van der Waals surface area contributed by atoms with Crippen LogP contribution in [0.5, 0.6) is 11.5 Å². The number of Topliss-reactive ketones (excluding diaryl/α,β-unsaturated/α-hetero) is 1. The lowest BCUT2D eigenvalue weighted by atomic mass is 10.1. The first-order valence-electron chi connectivity index (χ1n) is 11.2. The molecular formula is C27H25F2NO6. The van der Waals surface area contributed by atoms with Crippen molar-refractivity contribution >= 4 is 22.7 Å². The summed E-state index contributed by atoms with van der Waals surface area (Å²) in [5, 5.41) is 0.764. The summed E-state index contributed by atoms with van der Waals surface area (Å²) in [5.74, 6) is -0.224. The van der Waals surface area contributed by atoms with Crippen LogP contribution in [0.3, 0.4) is 0 Å². The molecule has 0 fully saturated rings. The van der Waals surface area contributed by atoms with Crippen LogP contribution in [0, 0.1) is 13.8 Å². The molecule has 4 aromatic rings. The van der Waals surface area contributed by atoms with E-state index in [1.54, 1.807) is 50.4 Å². The smallest absolute Gasteiger partial charge is 0.387 e. The van der Waals surface area contributed by atoms with Crippen LogP contribution < -0.4 is 9.47 Å². The van der Waals surface area contributed by atoms with E-state index < -0.39 is 18.7 Å². The largest absolute Gasteiger partial charge is 0.497 e. The normalized spacial score (nSPS) is 12.1. The number of nitrogens with zero attached hydrogens (tertiary/aromatic N) is 1. The van der Waals surface area contributed by atoms with Crippen molar-refractivity contribution < 1.29 is 37.0 Å². The molecule has 2 heterocycles. The monoisotopic (exact) mass is 497 g/mol. The van der Waals surface area contributed by atoms with E-state index in [-0.39, 0.29) is 18.0 Å². The molecule has 0 aliphatic carbocycles. The van der Waals surface area contributed by atoms with Crippen molar-refractivity contribution in [3.63, 3.8) is 0 Å². The highest BCUT2D eigenvalue weighted by molar-refractivity contribution is 6.01. The number of esters is 1. The van der Waals surface area contributed by atoms with E-state index in [0.29, 0.717) is 33.8 Å². The number of methoxy groups -OCH3 is 1. The Hall–Kier alpha value is -4.14. The number of hydrogen-bond acceptors (Lipinski definition) is 6. The Morgan fingerprint density at radius 3 is 2.39 bits per heavy atom. The van der Waals surface area contributed by atoms with Gasteiger partial charge in [0.2, 0.25) is 5.78 Å². The van der Waals surface area contributed by atoms with E-state index in [1.165, 1.54) is 25.3 Å². The molecule has 7 nitrogen and oxygen atoms in total. The number of carbonyl (C=O) groups excluding carboxylic acids is 2. The van der Waals surface area contributed by atoms with Gasteiger partial charge in [-0.15, -0.1) is 0 Å². The summed E-state index contributed by atoms with van der Waals surface area (Å²) in [7, 11) is 1.56. The Balaban J connectivity index is 1.46. The Morgan fingerprint density at radius 1 is 1.03 bits per heavy atom. The second-order valence-electron chi connectivity index (χ2n) is 8.29. The average molecular weight is 497 g/mol. The number of aryl methyl sites for hydroxylation is 1. The highest BCUT2D eigenvalue weighted by Gasteiger charge is 2.25. The van der Waals surface area contributed by atoms with Gasteiger partial charge in [0.05, 0.1) is 19.8 Å². The summed E-state index contributed by atoms with van der Waals surface area (Å²) in [4.78, 5) is 25.7. The number of benzene rings is 2. The van der Waals surface area contributed by atoms with E-state index in [2.05, 4.69) is 4.74 Å². The number of rotatable bonds is 9. The first-order valence-corrected chi connectivity index (χ1v) is 11.2. The molecule has 4 rings (SSSR count). The number of ether oxygens (including phenoxy) is 3. The molecular weight excluding hydrogens is 472 g/mol. The third-order valence-electron chi connectivity index (χ3n) is 5.89. The standard InChI is InChI=1S/C27H25F2NO6/c1-15-11-23(16(2)30(15)19-5-7-20(8-6-19)36-27(28)29)26(32)17(3)35-25(31)12-18-14-34-24-13-21(33-4)9-10-22(18)24/h5-11,13-14,17,27H,12H2,1-4H3/t17-/m1/s1. The van der Waals surface area contributed by atoms with Crippen LogP contribution >= 0.6 is 0 Å². The minimum atomic E-state index is -2.91. The summed E-state index contributed by atoms with van der Waals surface area (Å²) in [6, 6.07) is 13.1. The molecule has 0 unspecified atom stereocenters. The maximum Gasteiger partial charge on any atom is 0.387 e. The molecule has 2 aromatic heterocycles. The predicted molar refractivity (Wildman–Crippen MR) is 128 cm³/mol. The van der Waals surface area contributed by atoms with Gasteiger partial charge in [-0.1, -0.05) is 0 Å². The van der Waals surface area contributed by atoms with E-state index in [4.69, 9.17) is 13.9 Å². The van der Waals surface area contributed by atoms with Crippen LogP contribution in [0.15, 0.2) is 59.2 Å². The maximum absolute atomic E-state index is 13.1. The van der Waals surface area contributed by atoms with Gasteiger partial charge in [0.1, 0.15) is 17.1 Å². The lowest BCUT2D eigenvalue weighted by Gasteiger charge is -2.13. The first kappa shape index (κ1) is 25.0. The van der Waals surface area contributed by atoms with Gasteiger partial charge in [-0.05, 0) is 63.2 Å². The zero-order valence-corrected chi connectivity index (χ0v) is 20.2. The Kier molecular flexibility index (Phi) is 7.10. The number of carbonyl (C=O) groups is 2. The molecule has 0 saturated carbocycles. The molecule has 2 aromatic carbocycles. The molecule has 0 saturated heterocycles. The van der Waals surface area contributed by atoms with Crippen LogP contribution in [0.2, 0.25) is 0 Å². The molecule has 9 heteroatoms. The van der Waals surface area contributed by atoms with E-state index in [9.17, 15) is 18.4 Å². The molecule has 0 amide bonds. The van der Waals surface area contributed by atoms with Gasteiger partial charge < -0.3 is 23.2 Å². The number of ketones is 1. The number of furan rings is 1. The molecule has 0 aliphatic rings. The fourth-order valence-corrected chi connectivity index (χ4v) is 4.18. The zero-order valence-electron chi connectivity index (χ0n) is 20.2. The topological polar surface area (TPSA) is 79.9 Å². The van der Waals surface area contributed by atoms with E-state index >= 15 is 0 Å². The number of hydrogen-bond donors (Lipinski definition) is 0. The number of alkyl halides is 2. The number of halogens is 2. The number of aromatic nitrogens is 1. The molecule has 0 spiro atoms. The summed E-state index contributed by atoms with van der Waals surface area (Å²) >= 11 is 0. The van der Waals surface area contributed by atoms with Crippen molar-refractivity contribution in [1.29, 1.82) is 0 Å². The quantitative estimate of drug-likeness (QED) is 0.215. The predicted octanol–water partition coefficient (Wildman–Crippen LogP) is 5.81. The molecule has 0 radical (unpaired) electrons. The SMILES string of the molecule is COc1ccc2c(CC(=O)O[C@H](C)C(=O)c3cc(C)n(-c4ccc(OC(F)F)cc4)c3C)coc2c1. The van der Waals surface area contributed by atoms with Crippen molar-refractivity contribution in [3.05, 3.63) is 77.3 Å². The van der Waals surface area contributed by atoms with E-state index in [1.807, 2.05) is 11.5 Å². The van der Waals surface area contributed by atoms with Gasteiger partial charge in [-0.3, -0.25) is 9.59 Å². The van der Waals surface area contributed by atoms with Crippen LogP contribution in [-0.2, 0) is 16.0 Å². The van der Waals surface area contributed by atoms with Crippen LogP contribution in [0.4, 0.5) is 8.78 Å². The fraction of sp³-hybridized carbons (Fsp3) is 0.259. The highest BCUT2D eigenvalue weighted by atomic mass is 19.3. The fourth-order valence-electron chi connectivity index (χ4n) is 4.18. The third-order valence-corrected chi connectivity index (χ3v) is 5.89. The maximum atomic E-state index is 13.1. The van der Waals surface area contributed by atoms with Gasteiger partial charge in [0.25, 0.3) is 0 Å². The summed E-state index contributed by atoms with van der Waals surface area (Å²) in [5.41, 5.74) is 3.72. The summed E-state index contributed by atoms with van der Waals surface area (Å²) in [6.07, 6.45) is 0.429. The number of fused-ring (bicyclic) bond motifs is 1. The molecule has 36 heavy (non-hydrogen) atoms. The van der Waals surface area contributed by atoms with Crippen LogP contribution in [-0.4, -0.2) is 36.1 Å². The Labute approximate surface area is 206 Å². The summed E-state index contributed by atoms with van der Waals surface area (Å²) < 4.78 is 47.2. The second-order valence-corrected chi connectivity index (χ2v) is 8.29. The van der Waals surface area contributed by atoms with Gasteiger partial charge in [0.15, 0.2) is 6.10 Å². The molecule has 0 aliphatic heterocycles. The van der Waals surface area contributed by atoms with Crippen LogP contribution in [0.1, 0.15) is 34.2 Å². The summed E-state index contributed by atoms with van der Waals surface area (Å²) in [6.45, 7) is 2.21. The van der Waals surface area contributed by atoms with Gasteiger partial charge in [0, 0.05) is 39.7 Å². The minimum Gasteiger partial charge on any atom is -0.497 e. The lowest BCUT2D eigenvalue weighted by Crippen LogP contribution is -2.25. The molecule has 1 atom stereocenters. The van der Waals surface area contributed by atoms with Gasteiger partial charge in [-0.2, -0.15) is 8.78 Å². The first-order chi connectivity index (χ1) is 17.2. The van der Waals surface area contributed by atoms with Crippen molar-refractivity contribution in [2.45, 2.75) is 39.9 Å². The molecule has 0 bridgehead atoms.